The summed E-state index contributed by atoms with van der Waals surface area (Å²) in [6, 6.07) is 7.59. The lowest BCUT2D eigenvalue weighted by molar-refractivity contribution is 0.333. The van der Waals surface area contributed by atoms with Crippen molar-refractivity contribution in [2.24, 2.45) is 0 Å². The van der Waals surface area contributed by atoms with E-state index in [2.05, 4.69) is 5.32 Å². The van der Waals surface area contributed by atoms with Crippen molar-refractivity contribution in [1.29, 1.82) is 0 Å². The summed E-state index contributed by atoms with van der Waals surface area (Å²) in [5.74, 6) is 0. The summed E-state index contributed by atoms with van der Waals surface area (Å²) < 4.78 is 13.1. The molecule has 1 heterocycles. The third-order valence-electron chi connectivity index (χ3n) is 2.82. The number of halogens is 2. The van der Waals surface area contributed by atoms with Crippen LogP contribution >= 0.6 is 11.6 Å². The smallest absolute Gasteiger partial charge is 0.115 e. The molecular weight excluding hydrogens is 201 g/mol. The lowest BCUT2D eigenvalue weighted by Crippen LogP contribution is -2.32. The van der Waals surface area contributed by atoms with Gasteiger partial charge in [0.25, 0.3) is 0 Å². The molecule has 1 aliphatic heterocycles. The zero-order valence-electron chi connectivity index (χ0n) is 8.06. The number of rotatable bonds is 1. The zero-order valence-corrected chi connectivity index (χ0v) is 8.81. The van der Waals surface area contributed by atoms with Gasteiger partial charge in [-0.3, -0.25) is 0 Å². The molecule has 1 nitrogen and oxygen atoms in total. The molecule has 3 heteroatoms. The fourth-order valence-electron chi connectivity index (χ4n) is 1.96. The van der Waals surface area contributed by atoms with Crippen LogP contribution < -0.4 is 5.32 Å². The van der Waals surface area contributed by atoms with Crippen LogP contribution in [-0.2, 0) is 5.54 Å². The largest absolute Gasteiger partial charge is 0.305 e. The Morgan fingerprint density at radius 1 is 1.43 bits per heavy atom. The molecule has 14 heavy (non-hydrogen) atoms. The molecule has 76 valence electrons. The Bertz CT molecular complexity index is 325. The molecule has 2 rings (SSSR count). The van der Waals surface area contributed by atoms with Gasteiger partial charge < -0.3 is 5.32 Å². The minimum atomic E-state index is -0.740. The van der Waals surface area contributed by atoms with Crippen LogP contribution in [0, 0.1) is 0 Å². The summed E-state index contributed by atoms with van der Waals surface area (Å²) in [6.07, 6.45) is -0.204. The fourth-order valence-corrected chi connectivity index (χ4v) is 2.09. The van der Waals surface area contributed by atoms with Crippen LogP contribution in [0.1, 0.15) is 18.9 Å². The molecule has 1 fully saturated rings. The Morgan fingerprint density at radius 2 is 2.07 bits per heavy atom. The van der Waals surface area contributed by atoms with Crippen LogP contribution in [0.2, 0.25) is 5.02 Å². The molecule has 1 aromatic carbocycles. The molecule has 2 unspecified atom stereocenters. The van der Waals surface area contributed by atoms with E-state index in [1.54, 1.807) is 0 Å². The molecule has 1 N–H and O–H groups in total. The van der Waals surface area contributed by atoms with Crippen molar-refractivity contribution >= 4 is 11.6 Å². The van der Waals surface area contributed by atoms with Gasteiger partial charge in [0, 0.05) is 23.5 Å². The van der Waals surface area contributed by atoms with Crippen molar-refractivity contribution in [3.05, 3.63) is 34.9 Å². The molecular formula is C11H13ClFN. The number of hydrogen-bond donors (Lipinski definition) is 1. The molecule has 2 atom stereocenters. The number of benzene rings is 1. The van der Waals surface area contributed by atoms with Gasteiger partial charge in [0.1, 0.15) is 6.17 Å². The van der Waals surface area contributed by atoms with E-state index in [-0.39, 0.29) is 5.54 Å². The summed E-state index contributed by atoms with van der Waals surface area (Å²) in [4.78, 5) is 0. The van der Waals surface area contributed by atoms with E-state index < -0.39 is 6.17 Å². The van der Waals surface area contributed by atoms with Gasteiger partial charge in [0.05, 0.1) is 0 Å². The van der Waals surface area contributed by atoms with Crippen molar-refractivity contribution in [2.75, 3.05) is 6.54 Å². The second kappa shape index (κ2) is 3.52. The minimum Gasteiger partial charge on any atom is -0.305 e. The molecule has 1 aromatic rings. The maximum absolute atomic E-state index is 13.1. The fraction of sp³-hybridized carbons (Fsp3) is 0.455. The lowest BCUT2D eigenvalue weighted by atomic mass is 9.90. The summed E-state index contributed by atoms with van der Waals surface area (Å²) >= 11 is 5.80. The predicted molar refractivity (Wildman–Crippen MR) is 56.3 cm³/mol. The van der Waals surface area contributed by atoms with Gasteiger partial charge in [-0.1, -0.05) is 23.7 Å². The van der Waals surface area contributed by atoms with Crippen molar-refractivity contribution in [3.63, 3.8) is 0 Å². The summed E-state index contributed by atoms with van der Waals surface area (Å²) in [5, 5.41) is 3.92. The quantitative estimate of drug-likeness (QED) is 0.757. The van der Waals surface area contributed by atoms with Gasteiger partial charge >= 0.3 is 0 Å². The third-order valence-corrected chi connectivity index (χ3v) is 3.08. The Hall–Kier alpha value is -0.600. The normalized spacial score (nSPS) is 32.1. The molecule has 0 amide bonds. The number of hydrogen-bond acceptors (Lipinski definition) is 1. The van der Waals surface area contributed by atoms with Crippen molar-refractivity contribution in [2.45, 2.75) is 25.1 Å². The second-order valence-electron chi connectivity index (χ2n) is 4.02. The molecule has 1 aliphatic rings. The molecule has 0 spiro atoms. The van der Waals surface area contributed by atoms with E-state index in [0.29, 0.717) is 18.0 Å². The van der Waals surface area contributed by atoms with Gasteiger partial charge in [-0.2, -0.15) is 0 Å². The van der Waals surface area contributed by atoms with E-state index in [1.807, 2.05) is 31.2 Å². The average molecular weight is 214 g/mol. The maximum Gasteiger partial charge on any atom is 0.115 e. The van der Waals surface area contributed by atoms with Crippen LogP contribution in [0.4, 0.5) is 4.39 Å². The number of alkyl halides is 1. The SMILES string of the molecule is CC1(c2ccc(Cl)cc2)CC(F)CN1. The van der Waals surface area contributed by atoms with Crippen LogP contribution in [-0.4, -0.2) is 12.7 Å². The van der Waals surface area contributed by atoms with E-state index in [9.17, 15) is 4.39 Å². The minimum absolute atomic E-state index is 0.232. The van der Waals surface area contributed by atoms with Gasteiger partial charge in [0.2, 0.25) is 0 Å². The van der Waals surface area contributed by atoms with Gasteiger partial charge in [-0.05, 0) is 24.6 Å². The van der Waals surface area contributed by atoms with Crippen molar-refractivity contribution in [1.82, 2.24) is 5.32 Å². The van der Waals surface area contributed by atoms with Crippen LogP contribution in [0.3, 0.4) is 0 Å². The first kappa shape index (κ1) is 9.94. The Labute approximate surface area is 88.3 Å². The lowest BCUT2D eigenvalue weighted by Gasteiger charge is -2.24. The predicted octanol–water partition coefficient (Wildman–Crippen LogP) is 2.89. The van der Waals surface area contributed by atoms with E-state index in [4.69, 9.17) is 11.6 Å². The standard InChI is InChI=1S/C11H13ClFN/c1-11(6-10(13)7-14-11)8-2-4-9(12)5-3-8/h2-5,10,14H,6-7H2,1H3. The monoisotopic (exact) mass is 213 g/mol. The topological polar surface area (TPSA) is 12.0 Å². The molecule has 0 aliphatic carbocycles. The Kier molecular flexibility index (Phi) is 2.50. The molecule has 0 radical (unpaired) electrons. The first-order valence-corrected chi connectivity index (χ1v) is 5.13. The molecule has 1 saturated heterocycles. The average Bonchev–Trinajstić information content (AvgIpc) is 2.48. The van der Waals surface area contributed by atoms with Crippen LogP contribution in [0.5, 0.6) is 0 Å². The first-order chi connectivity index (χ1) is 6.60. The molecule has 0 saturated carbocycles. The van der Waals surface area contributed by atoms with Gasteiger partial charge in [-0.15, -0.1) is 0 Å². The summed E-state index contributed by atoms with van der Waals surface area (Å²) in [5.41, 5.74) is 0.867. The van der Waals surface area contributed by atoms with Crippen molar-refractivity contribution in [3.8, 4) is 0 Å². The molecule has 0 bridgehead atoms. The Balaban J connectivity index is 2.26. The highest BCUT2D eigenvalue weighted by Gasteiger charge is 2.35. The molecule has 0 aromatic heterocycles. The zero-order chi connectivity index (χ0) is 10.2. The Morgan fingerprint density at radius 3 is 2.57 bits per heavy atom. The third kappa shape index (κ3) is 1.77. The highest BCUT2D eigenvalue weighted by atomic mass is 35.5. The second-order valence-corrected chi connectivity index (χ2v) is 4.46. The first-order valence-electron chi connectivity index (χ1n) is 4.75. The maximum atomic E-state index is 13.1. The summed E-state index contributed by atoms with van der Waals surface area (Å²) in [7, 11) is 0. The van der Waals surface area contributed by atoms with E-state index >= 15 is 0 Å². The van der Waals surface area contributed by atoms with Crippen LogP contribution in [0.15, 0.2) is 24.3 Å². The summed E-state index contributed by atoms with van der Waals surface area (Å²) in [6.45, 7) is 2.47. The highest BCUT2D eigenvalue weighted by molar-refractivity contribution is 6.30. The highest BCUT2D eigenvalue weighted by Crippen LogP contribution is 2.32. The van der Waals surface area contributed by atoms with Gasteiger partial charge in [0.15, 0.2) is 0 Å². The van der Waals surface area contributed by atoms with Gasteiger partial charge in [-0.25, -0.2) is 4.39 Å². The van der Waals surface area contributed by atoms with Crippen LogP contribution in [0.25, 0.3) is 0 Å². The van der Waals surface area contributed by atoms with E-state index in [1.165, 1.54) is 0 Å². The van der Waals surface area contributed by atoms with Crippen molar-refractivity contribution < 1.29 is 4.39 Å². The van der Waals surface area contributed by atoms with E-state index in [0.717, 1.165) is 5.56 Å². The number of nitrogens with one attached hydrogen (secondary N) is 1.